The van der Waals surface area contributed by atoms with Crippen molar-refractivity contribution in [2.45, 2.75) is 32.7 Å². The van der Waals surface area contributed by atoms with Crippen molar-refractivity contribution < 1.29 is 0 Å². The molecule has 0 heterocycles. The predicted octanol–water partition coefficient (Wildman–Crippen LogP) is 2.06. The summed E-state index contributed by atoms with van der Waals surface area (Å²) in [6, 6.07) is 0.677. The summed E-state index contributed by atoms with van der Waals surface area (Å²) in [5.74, 6) is 2.53. The zero-order valence-corrected chi connectivity index (χ0v) is 11.0. The van der Waals surface area contributed by atoms with Crippen LogP contribution in [-0.4, -0.2) is 49.6 Å². The van der Waals surface area contributed by atoms with Crippen LogP contribution in [0.15, 0.2) is 0 Å². The van der Waals surface area contributed by atoms with Gasteiger partial charge in [-0.05, 0) is 58.5 Å². The highest BCUT2D eigenvalue weighted by Gasteiger charge is 2.00. The maximum absolute atomic E-state index is 3.56. The molecule has 0 saturated carbocycles. The normalized spacial score (nSPS) is 13.5. The predicted molar refractivity (Wildman–Crippen MR) is 68.3 cm³/mol. The van der Waals surface area contributed by atoms with Crippen LogP contribution in [0, 0.1) is 0 Å². The summed E-state index contributed by atoms with van der Waals surface area (Å²) < 4.78 is 0. The molecular formula is C11H26N2S. The summed E-state index contributed by atoms with van der Waals surface area (Å²) in [4.78, 5) is 2.24. The standard InChI is InChI=1S/C11H26N2S/c1-5-14-10-7-11(2)12-8-6-9-13(3)4/h11-12H,5-10H2,1-4H3. The maximum atomic E-state index is 3.56. The van der Waals surface area contributed by atoms with Crippen LogP contribution in [0.5, 0.6) is 0 Å². The van der Waals surface area contributed by atoms with E-state index in [1.807, 2.05) is 11.8 Å². The maximum Gasteiger partial charge on any atom is 0.00465 e. The molecule has 0 amide bonds. The Morgan fingerprint density at radius 3 is 2.64 bits per heavy atom. The minimum Gasteiger partial charge on any atom is -0.314 e. The van der Waals surface area contributed by atoms with E-state index >= 15 is 0 Å². The molecule has 0 aromatic carbocycles. The molecule has 3 heteroatoms. The molecule has 0 aliphatic carbocycles. The van der Waals surface area contributed by atoms with Crippen molar-refractivity contribution in [3.8, 4) is 0 Å². The fourth-order valence-corrected chi connectivity index (χ4v) is 2.06. The lowest BCUT2D eigenvalue weighted by molar-refractivity contribution is 0.387. The van der Waals surface area contributed by atoms with Gasteiger partial charge in [0.25, 0.3) is 0 Å². The Hall–Kier alpha value is 0.270. The second kappa shape index (κ2) is 9.81. The van der Waals surface area contributed by atoms with Gasteiger partial charge in [-0.15, -0.1) is 0 Å². The molecule has 0 radical (unpaired) electrons. The van der Waals surface area contributed by atoms with E-state index in [4.69, 9.17) is 0 Å². The smallest absolute Gasteiger partial charge is 0.00465 e. The third-order valence-electron chi connectivity index (χ3n) is 2.17. The number of nitrogens with zero attached hydrogens (tertiary/aromatic N) is 1. The molecule has 0 aromatic rings. The third-order valence-corrected chi connectivity index (χ3v) is 3.11. The van der Waals surface area contributed by atoms with Gasteiger partial charge in [-0.1, -0.05) is 6.92 Å². The van der Waals surface area contributed by atoms with Crippen molar-refractivity contribution in [3.05, 3.63) is 0 Å². The minimum atomic E-state index is 0.677. The molecule has 0 aromatic heterocycles. The molecule has 86 valence electrons. The highest BCUT2D eigenvalue weighted by atomic mass is 32.2. The lowest BCUT2D eigenvalue weighted by Gasteiger charge is -2.14. The quantitative estimate of drug-likeness (QED) is 0.596. The van der Waals surface area contributed by atoms with Crippen molar-refractivity contribution in [1.29, 1.82) is 0 Å². The van der Waals surface area contributed by atoms with E-state index in [0.717, 1.165) is 6.54 Å². The van der Waals surface area contributed by atoms with Gasteiger partial charge in [-0.2, -0.15) is 11.8 Å². The van der Waals surface area contributed by atoms with Crippen LogP contribution in [0.1, 0.15) is 26.7 Å². The molecule has 2 nitrogen and oxygen atoms in total. The molecule has 0 bridgehead atoms. The van der Waals surface area contributed by atoms with E-state index in [-0.39, 0.29) is 0 Å². The molecule has 1 unspecified atom stereocenters. The second-order valence-electron chi connectivity index (χ2n) is 4.00. The van der Waals surface area contributed by atoms with Gasteiger partial charge in [0.1, 0.15) is 0 Å². The number of thioether (sulfide) groups is 1. The third kappa shape index (κ3) is 10.4. The summed E-state index contributed by atoms with van der Waals surface area (Å²) >= 11 is 2.03. The van der Waals surface area contributed by atoms with E-state index in [2.05, 4.69) is 38.2 Å². The van der Waals surface area contributed by atoms with Crippen molar-refractivity contribution in [3.63, 3.8) is 0 Å². The highest BCUT2D eigenvalue weighted by molar-refractivity contribution is 7.99. The molecule has 0 aliphatic heterocycles. The number of hydrogen-bond acceptors (Lipinski definition) is 3. The minimum absolute atomic E-state index is 0.677. The first-order valence-electron chi connectivity index (χ1n) is 5.62. The van der Waals surface area contributed by atoms with Crippen LogP contribution in [-0.2, 0) is 0 Å². The summed E-state index contributed by atoms with van der Waals surface area (Å²) in [6.45, 7) is 6.84. The van der Waals surface area contributed by atoms with E-state index in [0.29, 0.717) is 6.04 Å². The van der Waals surface area contributed by atoms with Gasteiger partial charge < -0.3 is 10.2 Å². The molecule has 1 N–H and O–H groups in total. The molecule has 0 saturated heterocycles. The topological polar surface area (TPSA) is 15.3 Å². The van der Waals surface area contributed by atoms with Gasteiger partial charge in [0.2, 0.25) is 0 Å². The average molecular weight is 218 g/mol. The molecular weight excluding hydrogens is 192 g/mol. The molecule has 0 spiro atoms. The van der Waals surface area contributed by atoms with E-state index in [1.165, 1.54) is 30.9 Å². The van der Waals surface area contributed by atoms with Crippen molar-refractivity contribution in [2.75, 3.05) is 38.7 Å². The van der Waals surface area contributed by atoms with E-state index < -0.39 is 0 Å². The Balaban J connectivity index is 3.14. The number of hydrogen-bond donors (Lipinski definition) is 1. The van der Waals surface area contributed by atoms with Gasteiger partial charge in [0, 0.05) is 6.04 Å². The first-order valence-corrected chi connectivity index (χ1v) is 6.78. The Morgan fingerprint density at radius 1 is 1.36 bits per heavy atom. The van der Waals surface area contributed by atoms with E-state index in [9.17, 15) is 0 Å². The largest absolute Gasteiger partial charge is 0.314 e. The second-order valence-corrected chi connectivity index (χ2v) is 5.39. The summed E-state index contributed by atoms with van der Waals surface area (Å²) in [5, 5.41) is 3.56. The van der Waals surface area contributed by atoms with Gasteiger partial charge in [0.05, 0.1) is 0 Å². The molecule has 0 fully saturated rings. The zero-order valence-electron chi connectivity index (χ0n) is 10.2. The lowest BCUT2D eigenvalue weighted by atomic mass is 10.2. The van der Waals surface area contributed by atoms with Crippen molar-refractivity contribution in [2.24, 2.45) is 0 Å². The number of rotatable bonds is 9. The summed E-state index contributed by atoms with van der Waals surface area (Å²) in [6.07, 6.45) is 2.54. The number of nitrogens with one attached hydrogen (secondary N) is 1. The molecule has 14 heavy (non-hydrogen) atoms. The molecule has 0 aliphatic rings. The monoisotopic (exact) mass is 218 g/mol. The van der Waals surface area contributed by atoms with Crippen LogP contribution in [0.4, 0.5) is 0 Å². The fraction of sp³-hybridized carbons (Fsp3) is 1.00. The first-order chi connectivity index (χ1) is 6.66. The average Bonchev–Trinajstić information content (AvgIpc) is 2.13. The Bertz CT molecular complexity index is 118. The van der Waals surface area contributed by atoms with Crippen LogP contribution < -0.4 is 5.32 Å². The van der Waals surface area contributed by atoms with E-state index in [1.54, 1.807) is 0 Å². The van der Waals surface area contributed by atoms with Crippen molar-refractivity contribution in [1.82, 2.24) is 10.2 Å². The summed E-state index contributed by atoms with van der Waals surface area (Å²) in [7, 11) is 4.25. The summed E-state index contributed by atoms with van der Waals surface area (Å²) in [5.41, 5.74) is 0. The molecule has 1 atom stereocenters. The van der Waals surface area contributed by atoms with Crippen LogP contribution in [0.2, 0.25) is 0 Å². The Morgan fingerprint density at radius 2 is 2.07 bits per heavy atom. The van der Waals surface area contributed by atoms with Gasteiger partial charge >= 0.3 is 0 Å². The fourth-order valence-electron chi connectivity index (χ4n) is 1.25. The SMILES string of the molecule is CCSCCC(C)NCCCN(C)C. The molecule has 0 rings (SSSR count). The van der Waals surface area contributed by atoms with Gasteiger partial charge in [0.15, 0.2) is 0 Å². The highest BCUT2D eigenvalue weighted by Crippen LogP contribution is 2.03. The zero-order chi connectivity index (χ0) is 10.8. The van der Waals surface area contributed by atoms with Crippen molar-refractivity contribution >= 4 is 11.8 Å². The Kier molecular flexibility index (Phi) is 10.0. The van der Waals surface area contributed by atoms with Gasteiger partial charge in [-0.25, -0.2) is 0 Å². The lowest BCUT2D eigenvalue weighted by Crippen LogP contribution is -2.29. The Labute approximate surface area is 93.8 Å². The first kappa shape index (κ1) is 14.3. The van der Waals surface area contributed by atoms with Crippen LogP contribution in [0.3, 0.4) is 0 Å². The van der Waals surface area contributed by atoms with Crippen LogP contribution in [0.25, 0.3) is 0 Å². The van der Waals surface area contributed by atoms with Crippen LogP contribution >= 0.6 is 11.8 Å². The van der Waals surface area contributed by atoms with Gasteiger partial charge in [-0.3, -0.25) is 0 Å².